The second-order valence-corrected chi connectivity index (χ2v) is 7.09. The molecule has 2 aromatic carbocycles. The Hall–Kier alpha value is -1.72. The van der Waals surface area contributed by atoms with Crippen molar-refractivity contribution >= 4 is 0 Å². The zero-order chi connectivity index (χ0) is 18.2. The standard InChI is InChI=1S/C22H30N2O2/c23-22(19-9-5-2-6-10-19)21(25)17-20(18-7-3-1-4-8-18)11-12-24-13-15-26-16-14-24/h1-10,20-22,25H,11-17,23H2/t20-,21+,22-/m0/s1. The highest BCUT2D eigenvalue weighted by molar-refractivity contribution is 5.22. The van der Waals surface area contributed by atoms with Gasteiger partial charge in [-0.3, -0.25) is 4.90 Å². The van der Waals surface area contributed by atoms with Crippen molar-refractivity contribution in [1.82, 2.24) is 4.90 Å². The van der Waals surface area contributed by atoms with E-state index in [1.54, 1.807) is 0 Å². The molecule has 1 fully saturated rings. The van der Waals surface area contributed by atoms with Gasteiger partial charge in [-0.25, -0.2) is 0 Å². The number of nitrogens with zero attached hydrogens (tertiary/aromatic N) is 1. The van der Waals surface area contributed by atoms with Gasteiger partial charge in [0.15, 0.2) is 0 Å². The summed E-state index contributed by atoms with van der Waals surface area (Å²) in [5, 5.41) is 10.8. The van der Waals surface area contributed by atoms with E-state index in [4.69, 9.17) is 10.5 Å². The van der Waals surface area contributed by atoms with Crippen molar-refractivity contribution in [3.63, 3.8) is 0 Å². The molecule has 4 nitrogen and oxygen atoms in total. The van der Waals surface area contributed by atoms with E-state index in [0.29, 0.717) is 12.3 Å². The summed E-state index contributed by atoms with van der Waals surface area (Å²) >= 11 is 0. The van der Waals surface area contributed by atoms with Crippen molar-refractivity contribution in [3.8, 4) is 0 Å². The molecule has 0 amide bonds. The molecule has 0 radical (unpaired) electrons. The number of benzene rings is 2. The summed E-state index contributed by atoms with van der Waals surface area (Å²) < 4.78 is 5.44. The molecule has 0 spiro atoms. The van der Waals surface area contributed by atoms with Gasteiger partial charge < -0.3 is 15.6 Å². The van der Waals surface area contributed by atoms with Gasteiger partial charge in [-0.15, -0.1) is 0 Å². The van der Waals surface area contributed by atoms with Crippen LogP contribution in [0.3, 0.4) is 0 Å². The number of aliphatic hydroxyl groups is 1. The van der Waals surface area contributed by atoms with Gasteiger partial charge in [0.05, 0.1) is 25.4 Å². The monoisotopic (exact) mass is 354 g/mol. The fraction of sp³-hybridized carbons (Fsp3) is 0.455. The summed E-state index contributed by atoms with van der Waals surface area (Å²) in [7, 11) is 0. The number of hydrogen-bond donors (Lipinski definition) is 2. The van der Waals surface area contributed by atoms with Crippen molar-refractivity contribution in [2.75, 3.05) is 32.8 Å². The maximum atomic E-state index is 10.8. The second kappa shape index (κ2) is 9.83. The normalized spacial score (nSPS) is 19.0. The van der Waals surface area contributed by atoms with Crippen LogP contribution in [0.4, 0.5) is 0 Å². The highest BCUT2D eigenvalue weighted by Crippen LogP contribution is 2.29. The maximum Gasteiger partial charge on any atom is 0.0738 e. The van der Waals surface area contributed by atoms with Crippen LogP contribution in [0.1, 0.15) is 35.9 Å². The van der Waals surface area contributed by atoms with E-state index in [1.807, 2.05) is 36.4 Å². The van der Waals surface area contributed by atoms with Crippen LogP contribution in [0.15, 0.2) is 60.7 Å². The lowest BCUT2D eigenvalue weighted by Crippen LogP contribution is -2.37. The average Bonchev–Trinajstić information content (AvgIpc) is 2.72. The van der Waals surface area contributed by atoms with Crippen LogP contribution in [0.2, 0.25) is 0 Å². The summed E-state index contributed by atoms with van der Waals surface area (Å²) in [5.41, 5.74) is 8.59. The molecular formula is C22H30N2O2. The number of ether oxygens (including phenoxy) is 1. The van der Waals surface area contributed by atoms with Gasteiger partial charge in [-0.05, 0) is 36.4 Å². The quantitative estimate of drug-likeness (QED) is 0.765. The molecule has 3 rings (SSSR count). The molecule has 0 saturated carbocycles. The highest BCUT2D eigenvalue weighted by atomic mass is 16.5. The van der Waals surface area contributed by atoms with Gasteiger partial charge in [0, 0.05) is 13.1 Å². The van der Waals surface area contributed by atoms with Crippen LogP contribution in [0, 0.1) is 0 Å². The minimum absolute atomic E-state index is 0.295. The molecule has 0 aromatic heterocycles. The first-order valence-corrected chi connectivity index (χ1v) is 9.57. The third kappa shape index (κ3) is 5.39. The van der Waals surface area contributed by atoms with Gasteiger partial charge in [0.1, 0.15) is 0 Å². The molecule has 26 heavy (non-hydrogen) atoms. The first-order chi connectivity index (χ1) is 12.7. The molecule has 1 aliphatic heterocycles. The average molecular weight is 354 g/mol. The molecule has 0 unspecified atom stereocenters. The molecule has 4 heteroatoms. The van der Waals surface area contributed by atoms with E-state index >= 15 is 0 Å². The number of aliphatic hydroxyl groups excluding tert-OH is 1. The van der Waals surface area contributed by atoms with Crippen molar-refractivity contribution in [2.24, 2.45) is 5.73 Å². The Kier molecular flexibility index (Phi) is 7.21. The Morgan fingerprint density at radius 3 is 2.12 bits per heavy atom. The molecule has 0 bridgehead atoms. The molecular weight excluding hydrogens is 324 g/mol. The SMILES string of the molecule is N[C@@H](c1ccccc1)[C@H](O)C[C@H](CCN1CCOCC1)c1ccccc1. The van der Waals surface area contributed by atoms with E-state index < -0.39 is 6.10 Å². The minimum atomic E-state index is -0.563. The first-order valence-electron chi connectivity index (χ1n) is 9.57. The zero-order valence-corrected chi connectivity index (χ0v) is 15.3. The summed E-state index contributed by atoms with van der Waals surface area (Å²) in [6.45, 7) is 4.65. The van der Waals surface area contributed by atoms with Gasteiger partial charge in [0.25, 0.3) is 0 Å². The molecule has 1 saturated heterocycles. The largest absolute Gasteiger partial charge is 0.391 e. The number of rotatable bonds is 8. The summed E-state index contributed by atoms with van der Waals surface area (Å²) in [5.74, 6) is 0.295. The first kappa shape index (κ1) is 19.1. The Morgan fingerprint density at radius 2 is 1.50 bits per heavy atom. The minimum Gasteiger partial charge on any atom is -0.391 e. The molecule has 1 heterocycles. The Balaban J connectivity index is 1.64. The number of hydrogen-bond acceptors (Lipinski definition) is 4. The van der Waals surface area contributed by atoms with Crippen LogP contribution in [-0.2, 0) is 4.74 Å². The van der Waals surface area contributed by atoms with Crippen LogP contribution >= 0.6 is 0 Å². The Labute approximate surface area is 156 Å². The van der Waals surface area contributed by atoms with Crippen LogP contribution in [-0.4, -0.2) is 49.0 Å². The van der Waals surface area contributed by atoms with E-state index in [0.717, 1.165) is 44.8 Å². The van der Waals surface area contributed by atoms with Crippen LogP contribution < -0.4 is 5.73 Å². The van der Waals surface area contributed by atoms with Crippen molar-refractivity contribution in [1.29, 1.82) is 0 Å². The summed E-state index contributed by atoms with van der Waals surface area (Å²) in [6.07, 6.45) is 1.12. The molecule has 2 aromatic rings. The third-order valence-electron chi connectivity index (χ3n) is 5.29. The van der Waals surface area contributed by atoms with Crippen LogP contribution in [0.25, 0.3) is 0 Å². The number of morpholine rings is 1. The predicted molar refractivity (Wildman–Crippen MR) is 105 cm³/mol. The van der Waals surface area contributed by atoms with E-state index in [-0.39, 0.29) is 6.04 Å². The summed E-state index contributed by atoms with van der Waals surface area (Å²) in [6, 6.07) is 20.0. The van der Waals surface area contributed by atoms with Crippen LogP contribution in [0.5, 0.6) is 0 Å². The van der Waals surface area contributed by atoms with E-state index in [1.165, 1.54) is 5.56 Å². The summed E-state index contributed by atoms with van der Waals surface area (Å²) in [4.78, 5) is 2.45. The lowest BCUT2D eigenvalue weighted by molar-refractivity contribution is 0.0353. The lowest BCUT2D eigenvalue weighted by atomic mass is 9.86. The second-order valence-electron chi connectivity index (χ2n) is 7.09. The van der Waals surface area contributed by atoms with Gasteiger partial charge >= 0.3 is 0 Å². The Morgan fingerprint density at radius 1 is 0.923 bits per heavy atom. The molecule has 0 aliphatic carbocycles. The molecule has 1 aliphatic rings. The third-order valence-corrected chi connectivity index (χ3v) is 5.29. The van der Waals surface area contributed by atoms with Crippen molar-refractivity contribution in [3.05, 3.63) is 71.8 Å². The molecule has 140 valence electrons. The van der Waals surface area contributed by atoms with E-state index in [9.17, 15) is 5.11 Å². The van der Waals surface area contributed by atoms with Crippen molar-refractivity contribution < 1.29 is 9.84 Å². The highest BCUT2D eigenvalue weighted by Gasteiger charge is 2.23. The number of nitrogens with two attached hydrogens (primary N) is 1. The fourth-order valence-electron chi connectivity index (χ4n) is 3.64. The van der Waals surface area contributed by atoms with Gasteiger partial charge in [-0.1, -0.05) is 60.7 Å². The topological polar surface area (TPSA) is 58.7 Å². The molecule has 3 N–H and O–H groups in total. The zero-order valence-electron chi connectivity index (χ0n) is 15.3. The molecule has 3 atom stereocenters. The Bertz CT molecular complexity index is 629. The maximum absolute atomic E-state index is 10.8. The van der Waals surface area contributed by atoms with Gasteiger partial charge in [-0.2, -0.15) is 0 Å². The lowest BCUT2D eigenvalue weighted by Gasteiger charge is -2.30. The van der Waals surface area contributed by atoms with Crippen molar-refractivity contribution in [2.45, 2.75) is 30.9 Å². The predicted octanol–water partition coefficient (Wildman–Crippen LogP) is 2.94. The fourth-order valence-corrected chi connectivity index (χ4v) is 3.64. The smallest absolute Gasteiger partial charge is 0.0738 e. The van der Waals surface area contributed by atoms with Gasteiger partial charge in [0.2, 0.25) is 0 Å². The van der Waals surface area contributed by atoms with E-state index in [2.05, 4.69) is 29.2 Å².